The molecule has 0 aliphatic carbocycles. The molecule has 3 saturated heterocycles. The van der Waals surface area contributed by atoms with Crippen molar-refractivity contribution in [2.75, 3.05) is 14.2 Å². The van der Waals surface area contributed by atoms with Gasteiger partial charge in [-0.2, -0.15) is 0 Å². The Morgan fingerprint density at radius 3 is 2.15 bits per heavy atom. The van der Waals surface area contributed by atoms with Crippen LogP contribution in [0.4, 0.5) is 9.59 Å². The highest BCUT2D eigenvalue weighted by atomic mass is 16.5. The fourth-order valence-corrected chi connectivity index (χ4v) is 10.9. The van der Waals surface area contributed by atoms with Crippen LogP contribution in [-0.4, -0.2) is 104 Å². The van der Waals surface area contributed by atoms with E-state index in [-0.39, 0.29) is 60.0 Å². The van der Waals surface area contributed by atoms with Crippen molar-refractivity contribution in [1.29, 1.82) is 0 Å². The van der Waals surface area contributed by atoms with Gasteiger partial charge in [0, 0.05) is 23.0 Å². The summed E-state index contributed by atoms with van der Waals surface area (Å²) in [4.78, 5) is 74.0. The Morgan fingerprint density at radius 2 is 1.46 bits per heavy atom. The van der Waals surface area contributed by atoms with Crippen LogP contribution in [-0.2, 0) is 30.4 Å². The van der Waals surface area contributed by atoms with Gasteiger partial charge in [-0.3, -0.25) is 9.59 Å². The van der Waals surface area contributed by atoms with E-state index >= 15 is 0 Å². The molecule has 3 fully saturated rings. The number of hydrogen-bond donors (Lipinski definition) is 4. The molecule has 3 aromatic carbocycles. The first-order valence-corrected chi connectivity index (χ1v) is 23.0. The largest absolute Gasteiger partial charge is 0.488 e. The number of imidazole rings is 2. The van der Waals surface area contributed by atoms with Crippen molar-refractivity contribution in [3.63, 3.8) is 0 Å². The maximum Gasteiger partial charge on any atom is 0.407 e. The first kappa shape index (κ1) is 44.1. The fraction of sp³-hybridized carbons (Fsp3) is 0.510. The van der Waals surface area contributed by atoms with E-state index < -0.39 is 24.3 Å². The second-order valence-corrected chi connectivity index (χ2v) is 18.8. The molecule has 2 aromatic heterocycles. The second-order valence-electron chi connectivity index (χ2n) is 18.8. The summed E-state index contributed by atoms with van der Waals surface area (Å²) in [7, 11) is 2.61. The lowest BCUT2D eigenvalue weighted by molar-refractivity contribution is -0.140. The highest BCUT2D eigenvalue weighted by molar-refractivity contribution is 6.07. The van der Waals surface area contributed by atoms with Gasteiger partial charge < -0.3 is 49.3 Å². The van der Waals surface area contributed by atoms with Gasteiger partial charge >= 0.3 is 12.2 Å². The number of fused-ring (bicyclic) bond motifs is 6. The highest BCUT2D eigenvalue weighted by Crippen LogP contribution is 2.44. The van der Waals surface area contributed by atoms with Gasteiger partial charge in [-0.15, -0.1) is 0 Å². The van der Waals surface area contributed by atoms with Crippen molar-refractivity contribution >= 4 is 45.8 Å². The number of H-pyrrole nitrogens is 2. The van der Waals surface area contributed by atoms with Crippen LogP contribution in [0.3, 0.4) is 0 Å². The summed E-state index contributed by atoms with van der Waals surface area (Å²) in [5.74, 6) is 1.67. The molecule has 6 heterocycles. The van der Waals surface area contributed by atoms with Crippen molar-refractivity contribution in [2.45, 2.75) is 135 Å². The van der Waals surface area contributed by atoms with Crippen LogP contribution < -0.4 is 15.4 Å². The first-order valence-electron chi connectivity index (χ1n) is 23.0. The molecule has 9 rings (SSSR count). The van der Waals surface area contributed by atoms with Crippen LogP contribution in [0.15, 0.2) is 48.7 Å². The van der Waals surface area contributed by atoms with Gasteiger partial charge in [0.25, 0.3) is 0 Å². The number of methoxy groups -OCH3 is 2. The van der Waals surface area contributed by atoms with Gasteiger partial charge in [0.05, 0.1) is 61.4 Å². The first-order chi connectivity index (χ1) is 31.2. The molecule has 0 saturated carbocycles. The molecule has 4 unspecified atom stereocenters. The van der Waals surface area contributed by atoms with E-state index in [4.69, 9.17) is 28.9 Å². The number of hydrogen-bond acceptors (Lipinski definition) is 10. The van der Waals surface area contributed by atoms with Crippen molar-refractivity contribution in [3.8, 4) is 28.1 Å². The maximum atomic E-state index is 14.6. The molecule has 16 heteroatoms. The summed E-state index contributed by atoms with van der Waals surface area (Å²) in [6.07, 6.45) is 4.91. The van der Waals surface area contributed by atoms with E-state index in [2.05, 4.69) is 63.9 Å². The van der Waals surface area contributed by atoms with Crippen molar-refractivity contribution in [2.24, 2.45) is 11.8 Å². The van der Waals surface area contributed by atoms with E-state index in [9.17, 15) is 19.2 Å². The number of alkyl carbamates (subject to hydrolysis) is 2. The Labute approximate surface area is 378 Å². The third kappa shape index (κ3) is 8.25. The van der Waals surface area contributed by atoms with E-state index in [1.807, 2.05) is 56.7 Å². The lowest BCUT2D eigenvalue weighted by Crippen LogP contribution is -2.55. The Morgan fingerprint density at radius 1 is 0.785 bits per heavy atom. The number of likely N-dealkylation sites (tertiary alicyclic amines) is 2. The second kappa shape index (κ2) is 17.7. The maximum absolute atomic E-state index is 14.6. The number of rotatable bonds is 9. The third-order valence-electron chi connectivity index (χ3n) is 14.1. The van der Waals surface area contributed by atoms with E-state index in [0.29, 0.717) is 31.1 Å². The standard InChI is InChI=1S/C49H60N8O8/c1-24(2)41(54-48(60)62-7)46(58)56-25(3)9-15-38(56)44-50-22-37(52-44)30-11-13-33-32(19-30)23-64-40-21-34-29(20-35(33)40)12-14-36-43(34)53-45(51-36)39-16-10-26(4)57(39)47(59)42(55-49(61)63-8)31-17-27(5)65-28(6)18-31/h11-14,19-22,24-28,31,38-39,41-42H,9-10,15-18,23H2,1-8H3,(H,50,52)(H,51,53)(H,54,60)(H,55,61)/t25-,26-,27+,28?,31?,38-,39-,41?,42?/m0/s1. The molecular weight excluding hydrogens is 829 g/mol. The molecule has 5 aromatic rings. The summed E-state index contributed by atoms with van der Waals surface area (Å²) in [6.45, 7) is 12.3. The zero-order chi connectivity index (χ0) is 45.8. The predicted molar refractivity (Wildman–Crippen MR) is 244 cm³/mol. The molecule has 4 aliphatic heterocycles. The Kier molecular flexibility index (Phi) is 12.0. The summed E-state index contributed by atoms with van der Waals surface area (Å²) >= 11 is 0. The predicted octanol–water partition coefficient (Wildman–Crippen LogP) is 8.08. The number of aromatic amines is 2. The van der Waals surface area contributed by atoms with Gasteiger partial charge in [-0.25, -0.2) is 19.6 Å². The summed E-state index contributed by atoms with van der Waals surface area (Å²) in [5, 5.41) is 7.62. The van der Waals surface area contributed by atoms with Gasteiger partial charge in [0.15, 0.2) is 0 Å². The summed E-state index contributed by atoms with van der Waals surface area (Å²) < 4.78 is 22.3. The average molecular weight is 889 g/mol. The molecular formula is C49H60N8O8. The zero-order valence-corrected chi connectivity index (χ0v) is 38.4. The number of amides is 4. The Bertz CT molecular complexity index is 2630. The molecule has 4 amide bonds. The minimum absolute atomic E-state index is 0.0193. The van der Waals surface area contributed by atoms with Crippen molar-refractivity contribution in [3.05, 3.63) is 65.9 Å². The quantitative estimate of drug-likeness (QED) is 0.112. The van der Waals surface area contributed by atoms with Crippen LogP contribution in [0.1, 0.15) is 109 Å². The van der Waals surface area contributed by atoms with Gasteiger partial charge in [0.2, 0.25) is 11.8 Å². The molecule has 9 atom stereocenters. The molecule has 65 heavy (non-hydrogen) atoms. The number of carbonyl (C=O) groups excluding carboxylic acids is 4. The zero-order valence-electron chi connectivity index (χ0n) is 38.4. The smallest absolute Gasteiger partial charge is 0.407 e. The van der Waals surface area contributed by atoms with Crippen LogP contribution in [0.2, 0.25) is 0 Å². The molecule has 0 bridgehead atoms. The normalized spacial score (nSPS) is 24.9. The molecule has 16 nitrogen and oxygen atoms in total. The van der Waals surface area contributed by atoms with Crippen molar-refractivity contribution < 1.29 is 38.1 Å². The van der Waals surface area contributed by atoms with Crippen LogP contribution in [0, 0.1) is 11.8 Å². The lowest BCUT2D eigenvalue weighted by atomic mass is 9.85. The molecule has 0 radical (unpaired) electrons. The van der Waals surface area contributed by atoms with Gasteiger partial charge in [-0.1, -0.05) is 32.0 Å². The fourth-order valence-electron chi connectivity index (χ4n) is 10.9. The van der Waals surface area contributed by atoms with E-state index in [1.165, 1.54) is 14.2 Å². The van der Waals surface area contributed by atoms with Gasteiger partial charge in [0.1, 0.15) is 36.1 Å². The molecule has 4 N–H and O–H groups in total. The van der Waals surface area contributed by atoms with E-state index in [0.717, 1.165) is 81.2 Å². The number of nitrogens with one attached hydrogen (secondary N) is 4. The van der Waals surface area contributed by atoms with Crippen LogP contribution in [0.5, 0.6) is 5.75 Å². The molecule has 4 aliphatic rings. The summed E-state index contributed by atoms with van der Waals surface area (Å²) in [5.41, 5.74) is 6.58. The topological polar surface area (TPSA) is 193 Å². The SMILES string of the molecule is COC(=O)NC(C(=O)N1[C@@H](C)CC[C@H]1c1ncc(-c2ccc3c(c2)COc2cc4c(ccc5nc([C@@H]6CC[C@H](C)N6C(=O)C(NC(=O)OC)C6CC(C)O[C@H](C)C6)[nH]c54)cc2-3)[nH]1)C(C)C. The number of benzene rings is 3. The highest BCUT2D eigenvalue weighted by Gasteiger charge is 2.45. The van der Waals surface area contributed by atoms with Crippen LogP contribution in [0.25, 0.3) is 44.2 Å². The minimum Gasteiger partial charge on any atom is -0.488 e. The van der Waals surface area contributed by atoms with Crippen LogP contribution >= 0.6 is 0 Å². The number of ether oxygens (including phenoxy) is 4. The average Bonchev–Trinajstić information content (AvgIpc) is 4.11. The summed E-state index contributed by atoms with van der Waals surface area (Å²) in [6, 6.07) is 12.6. The number of aromatic nitrogens is 4. The molecule has 0 spiro atoms. The van der Waals surface area contributed by atoms with Gasteiger partial charge in [-0.05, 0) is 124 Å². The monoisotopic (exact) mass is 888 g/mol. The Hall–Kier alpha value is -6.16. The third-order valence-corrected chi connectivity index (χ3v) is 14.1. The van der Waals surface area contributed by atoms with E-state index in [1.54, 1.807) is 0 Å². The number of carbonyl (C=O) groups is 4. The Balaban J connectivity index is 0.965. The molecule has 344 valence electrons. The lowest BCUT2D eigenvalue weighted by Gasteiger charge is -2.39. The minimum atomic E-state index is -0.755. The van der Waals surface area contributed by atoms with Crippen molar-refractivity contribution in [1.82, 2.24) is 40.4 Å². The number of nitrogens with zero attached hydrogens (tertiary/aromatic N) is 4.